The number of aromatic nitrogens is 3. The number of nitro groups is 1. The van der Waals surface area contributed by atoms with Crippen LogP contribution < -0.4 is 5.73 Å². The lowest BCUT2D eigenvalue weighted by Crippen LogP contribution is -2.09. The molecule has 0 aliphatic carbocycles. The summed E-state index contributed by atoms with van der Waals surface area (Å²) in [5, 5.41) is 18.4. The van der Waals surface area contributed by atoms with Gasteiger partial charge in [0.1, 0.15) is 5.82 Å². The quantitative estimate of drug-likeness (QED) is 0.682. The first-order chi connectivity index (χ1) is 9.38. The molecule has 2 rings (SSSR count). The fourth-order valence-electron chi connectivity index (χ4n) is 2.05. The molecule has 8 heteroatoms. The first-order valence-corrected chi connectivity index (χ1v) is 6.01. The van der Waals surface area contributed by atoms with Gasteiger partial charge in [0, 0.05) is 6.07 Å². The summed E-state index contributed by atoms with van der Waals surface area (Å²) in [7, 11) is 0. The summed E-state index contributed by atoms with van der Waals surface area (Å²) in [6.45, 7) is 4.04. The normalized spacial score (nSPS) is 11.0. The highest BCUT2D eigenvalue weighted by Crippen LogP contribution is 2.22. The average molecular weight is 279 g/mol. The van der Waals surface area contributed by atoms with Gasteiger partial charge >= 0.3 is 0 Å². The summed E-state index contributed by atoms with van der Waals surface area (Å²) in [6, 6.07) is 3.42. The van der Waals surface area contributed by atoms with Crippen LogP contribution in [-0.2, 0) is 6.54 Å². The Bertz CT molecular complexity index is 653. The minimum absolute atomic E-state index is 0.0912. The average Bonchev–Trinajstić information content (AvgIpc) is 2.69. The molecule has 0 spiro atoms. The number of nitrogens with zero attached hydrogens (tertiary/aromatic N) is 4. The third-order valence-corrected chi connectivity index (χ3v) is 2.83. The minimum Gasteiger partial charge on any atom is -0.381 e. The van der Waals surface area contributed by atoms with Crippen LogP contribution in [0.4, 0.5) is 15.9 Å². The Hall–Kier alpha value is -2.51. The van der Waals surface area contributed by atoms with Gasteiger partial charge in [-0.05, 0) is 17.5 Å². The number of rotatable bonds is 4. The molecule has 2 N–H and O–H groups in total. The molecule has 0 aliphatic heterocycles. The molecule has 7 nitrogen and oxygen atoms in total. The number of nitrogens with two attached hydrogens (primary N) is 1. The molecule has 0 amide bonds. The molecule has 20 heavy (non-hydrogen) atoms. The van der Waals surface area contributed by atoms with Gasteiger partial charge in [-0.3, -0.25) is 10.1 Å². The molecule has 1 aromatic heterocycles. The van der Waals surface area contributed by atoms with E-state index in [9.17, 15) is 14.5 Å². The topological polar surface area (TPSA) is 99.9 Å². The zero-order valence-corrected chi connectivity index (χ0v) is 11.1. The third-order valence-electron chi connectivity index (χ3n) is 2.83. The molecule has 0 saturated heterocycles. The van der Waals surface area contributed by atoms with Crippen molar-refractivity contribution in [1.29, 1.82) is 0 Å². The summed E-state index contributed by atoms with van der Waals surface area (Å²) in [4.78, 5) is 10.1. The number of non-ortho nitro benzene ring substituents is 1. The molecule has 2 aromatic rings. The number of anilines is 1. The van der Waals surface area contributed by atoms with Crippen molar-refractivity contribution in [3.8, 4) is 0 Å². The Kier molecular flexibility index (Phi) is 3.64. The number of hydrogen-bond acceptors (Lipinski definition) is 5. The minimum atomic E-state index is -0.659. The van der Waals surface area contributed by atoms with E-state index in [0.717, 1.165) is 11.8 Å². The second-order valence-corrected chi connectivity index (χ2v) is 4.75. The van der Waals surface area contributed by atoms with Gasteiger partial charge in [-0.25, -0.2) is 9.07 Å². The van der Waals surface area contributed by atoms with E-state index in [4.69, 9.17) is 5.73 Å². The summed E-state index contributed by atoms with van der Waals surface area (Å²) in [5.74, 6) is -0.257. The Morgan fingerprint density at radius 3 is 2.75 bits per heavy atom. The van der Waals surface area contributed by atoms with E-state index in [1.54, 1.807) is 0 Å². The van der Waals surface area contributed by atoms with Crippen molar-refractivity contribution in [3.63, 3.8) is 0 Å². The van der Waals surface area contributed by atoms with Gasteiger partial charge in [0.25, 0.3) is 5.69 Å². The molecule has 0 unspecified atom stereocenters. The molecule has 0 fully saturated rings. The van der Waals surface area contributed by atoms with Crippen molar-refractivity contribution < 1.29 is 9.31 Å². The maximum Gasteiger partial charge on any atom is 0.272 e. The van der Waals surface area contributed by atoms with Crippen LogP contribution in [-0.4, -0.2) is 19.9 Å². The molecule has 0 aliphatic rings. The monoisotopic (exact) mass is 279 g/mol. The molecular formula is C12H14FN5O2. The SMILES string of the molecule is CC(C)c1c(N)nnn1Cc1cc(F)cc([N+](=O)[O-])c1. The van der Waals surface area contributed by atoms with Crippen LogP contribution in [0.3, 0.4) is 0 Å². The predicted molar refractivity (Wildman–Crippen MR) is 70.7 cm³/mol. The Morgan fingerprint density at radius 2 is 2.15 bits per heavy atom. The Labute approximate surface area is 114 Å². The van der Waals surface area contributed by atoms with E-state index >= 15 is 0 Å². The Balaban J connectivity index is 2.38. The molecule has 0 bridgehead atoms. The van der Waals surface area contributed by atoms with E-state index in [0.29, 0.717) is 11.4 Å². The largest absolute Gasteiger partial charge is 0.381 e. The van der Waals surface area contributed by atoms with E-state index in [1.165, 1.54) is 16.8 Å². The lowest BCUT2D eigenvalue weighted by atomic mass is 10.1. The molecule has 0 saturated carbocycles. The first kappa shape index (κ1) is 13.9. The molecular weight excluding hydrogens is 265 g/mol. The molecule has 106 valence electrons. The highest BCUT2D eigenvalue weighted by molar-refractivity contribution is 5.38. The lowest BCUT2D eigenvalue weighted by Gasteiger charge is -2.09. The summed E-state index contributed by atoms with van der Waals surface area (Å²) < 4.78 is 14.9. The number of nitrogen functional groups attached to an aromatic ring is 1. The molecule has 0 atom stereocenters. The van der Waals surface area contributed by atoms with Gasteiger partial charge in [-0.1, -0.05) is 19.1 Å². The number of nitro benzene ring substituents is 1. The van der Waals surface area contributed by atoms with E-state index < -0.39 is 10.7 Å². The predicted octanol–water partition coefficient (Wildman–Crippen LogP) is 2.08. The van der Waals surface area contributed by atoms with Crippen molar-refractivity contribution in [2.45, 2.75) is 26.3 Å². The highest BCUT2D eigenvalue weighted by atomic mass is 19.1. The fourth-order valence-corrected chi connectivity index (χ4v) is 2.05. The van der Waals surface area contributed by atoms with Crippen molar-refractivity contribution >= 4 is 11.5 Å². The van der Waals surface area contributed by atoms with Crippen LogP contribution in [0, 0.1) is 15.9 Å². The number of benzene rings is 1. The van der Waals surface area contributed by atoms with E-state index in [-0.39, 0.29) is 18.2 Å². The zero-order chi connectivity index (χ0) is 14.9. The van der Waals surface area contributed by atoms with Gasteiger partial charge in [0.15, 0.2) is 5.82 Å². The van der Waals surface area contributed by atoms with Gasteiger partial charge in [-0.15, -0.1) is 5.10 Å². The molecule has 0 radical (unpaired) electrons. The maximum atomic E-state index is 13.4. The van der Waals surface area contributed by atoms with Crippen molar-refractivity contribution in [3.05, 3.63) is 45.4 Å². The number of hydrogen-bond donors (Lipinski definition) is 1. The van der Waals surface area contributed by atoms with Gasteiger partial charge in [-0.2, -0.15) is 0 Å². The van der Waals surface area contributed by atoms with Crippen LogP contribution in [0.25, 0.3) is 0 Å². The van der Waals surface area contributed by atoms with Crippen LogP contribution in [0.1, 0.15) is 31.0 Å². The van der Waals surface area contributed by atoms with Crippen LogP contribution in [0.5, 0.6) is 0 Å². The lowest BCUT2D eigenvalue weighted by molar-refractivity contribution is -0.385. The summed E-state index contributed by atoms with van der Waals surface area (Å²) in [5.41, 5.74) is 6.59. The summed E-state index contributed by atoms with van der Waals surface area (Å²) in [6.07, 6.45) is 0. The maximum absolute atomic E-state index is 13.4. The standard InChI is InChI=1S/C12H14FN5O2/c1-7(2)11-12(14)15-16-17(11)6-8-3-9(13)5-10(4-8)18(19)20/h3-5,7H,6,14H2,1-2H3. The zero-order valence-electron chi connectivity index (χ0n) is 11.1. The van der Waals surface area contributed by atoms with Gasteiger partial charge in [0.05, 0.1) is 23.2 Å². The number of halogens is 1. The van der Waals surface area contributed by atoms with E-state index in [1.807, 2.05) is 13.8 Å². The summed E-state index contributed by atoms with van der Waals surface area (Å²) >= 11 is 0. The second-order valence-electron chi connectivity index (χ2n) is 4.75. The molecule has 1 aromatic carbocycles. The van der Waals surface area contributed by atoms with Crippen molar-refractivity contribution in [2.75, 3.05) is 5.73 Å². The fraction of sp³-hybridized carbons (Fsp3) is 0.333. The van der Waals surface area contributed by atoms with E-state index in [2.05, 4.69) is 10.3 Å². The van der Waals surface area contributed by atoms with Gasteiger partial charge in [0.2, 0.25) is 0 Å². The molecule has 1 heterocycles. The van der Waals surface area contributed by atoms with Crippen molar-refractivity contribution in [2.24, 2.45) is 0 Å². The van der Waals surface area contributed by atoms with Crippen LogP contribution >= 0.6 is 0 Å². The smallest absolute Gasteiger partial charge is 0.272 e. The van der Waals surface area contributed by atoms with Gasteiger partial charge < -0.3 is 5.73 Å². The second kappa shape index (κ2) is 5.24. The Morgan fingerprint density at radius 1 is 1.45 bits per heavy atom. The van der Waals surface area contributed by atoms with Crippen LogP contribution in [0.2, 0.25) is 0 Å². The van der Waals surface area contributed by atoms with Crippen LogP contribution in [0.15, 0.2) is 18.2 Å². The highest BCUT2D eigenvalue weighted by Gasteiger charge is 2.16. The van der Waals surface area contributed by atoms with Crippen molar-refractivity contribution in [1.82, 2.24) is 15.0 Å². The first-order valence-electron chi connectivity index (χ1n) is 6.01. The third kappa shape index (κ3) is 2.73.